The Balaban J connectivity index is 2.08. The first-order valence-electron chi connectivity index (χ1n) is 8.38. The maximum absolute atomic E-state index is 5.00. The van der Waals surface area contributed by atoms with Gasteiger partial charge in [0, 0.05) is 27.5 Å². The van der Waals surface area contributed by atoms with Crippen LogP contribution in [0.1, 0.15) is 43.1 Å². The Morgan fingerprint density at radius 1 is 0.913 bits per heavy atom. The second-order valence-electron chi connectivity index (χ2n) is 6.30. The minimum Gasteiger partial charge on any atom is -0.257 e. The molecule has 118 valence electrons. The molecular weight excluding hydrogens is 318 g/mol. The van der Waals surface area contributed by atoms with Gasteiger partial charge in [0.15, 0.2) is 0 Å². The Morgan fingerprint density at radius 3 is 2.22 bits per heavy atom. The third kappa shape index (κ3) is 2.29. The number of fused-ring (bicyclic) bond motifs is 6. The minimum absolute atomic E-state index is 1.10. The number of hydrogen-bond acceptors (Lipinski definition) is 3. The van der Waals surface area contributed by atoms with Gasteiger partial charge in [0.25, 0.3) is 0 Å². The zero-order valence-corrected chi connectivity index (χ0v) is 15.5. The lowest BCUT2D eigenvalue weighted by Gasteiger charge is -2.14. The lowest BCUT2D eigenvalue weighted by molar-refractivity contribution is 0.704. The predicted molar refractivity (Wildman–Crippen MR) is 105 cm³/mol. The monoisotopic (exact) mass is 339 g/mol. The standard InChI is InChI=1S/C20H21NS2/c1-4-5-6-7-16-12(2)17-14-8-10-22-19(14)20-15(9-11-23-20)18(17)13(3)21-16/h8-11H,4-7H2,1-3H3. The van der Waals surface area contributed by atoms with Crippen LogP contribution >= 0.6 is 22.7 Å². The fraction of sp³-hybridized carbons (Fsp3) is 0.350. The number of pyridine rings is 1. The molecule has 3 heterocycles. The van der Waals surface area contributed by atoms with Gasteiger partial charge in [0.1, 0.15) is 0 Å². The van der Waals surface area contributed by atoms with Gasteiger partial charge in [-0.05, 0) is 60.5 Å². The molecule has 3 heteroatoms. The summed E-state index contributed by atoms with van der Waals surface area (Å²) in [6.45, 7) is 6.71. The highest BCUT2D eigenvalue weighted by Gasteiger charge is 2.17. The second-order valence-corrected chi connectivity index (χ2v) is 8.14. The molecule has 4 rings (SSSR count). The van der Waals surface area contributed by atoms with Crippen LogP contribution in [0.3, 0.4) is 0 Å². The third-order valence-electron chi connectivity index (χ3n) is 4.81. The lowest BCUT2D eigenvalue weighted by atomic mass is 9.96. The zero-order chi connectivity index (χ0) is 16.0. The first-order valence-corrected chi connectivity index (χ1v) is 10.1. The first kappa shape index (κ1) is 15.1. The van der Waals surface area contributed by atoms with Crippen LogP contribution in [-0.2, 0) is 6.42 Å². The first-order chi connectivity index (χ1) is 11.2. The van der Waals surface area contributed by atoms with Crippen LogP contribution in [0.5, 0.6) is 0 Å². The van der Waals surface area contributed by atoms with Crippen LogP contribution < -0.4 is 0 Å². The molecule has 0 aliphatic carbocycles. The smallest absolute Gasteiger partial charge is 0.0528 e. The second kappa shape index (κ2) is 5.88. The Labute approximate surface area is 145 Å². The van der Waals surface area contributed by atoms with Crippen molar-refractivity contribution < 1.29 is 0 Å². The molecule has 0 aliphatic rings. The molecular formula is C20H21NS2. The van der Waals surface area contributed by atoms with E-state index in [0.717, 1.165) is 6.42 Å². The quantitative estimate of drug-likeness (QED) is 0.364. The van der Waals surface area contributed by atoms with Gasteiger partial charge in [-0.25, -0.2) is 0 Å². The van der Waals surface area contributed by atoms with E-state index in [9.17, 15) is 0 Å². The number of hydrogen-bond donors (Lipinski definition) is 0. The highest BCUT2D eigenvalue weighted by molar-refractivity contribution is 7.25. The number of unbranched alkanes of at least 4 members (excludes halogenated alkanes) is 2. The molecule has 0 saturated heterocycles. The van der Waals surface area contributed by atoms with Crippen molar-refractivity contribution in [2.75, 3.05) is 0 Å². The summed E-state index contributed by atoms with van der Waals surface area (Å²) in [6.07, 6.45) is 4.89. The van der Waals surface area contributed by atoms with Crippen molar-refractivity contribution in [3.63, 3.8) is 0 Å². The van der Waals surface area contributed by atoms with E-state index < -0.39 is 0 Å². The average Bonchev–Trinajstić information content (AvgIpc) is 3.19. The molecule has 3 aromatic heterocycles. The molecule has 0 fully saturated rings. The van der Waals surface area contributed by atoms with Crippen molar-refractivity contribution in [1.82, 2.24) is 4.98 Å². The van der Waals surface area contributed by atoms with Gasteiger partial charge >= 0.3 is 0 Å². The van der Waals surface area contributed by atoms with Crippen molar-refractivity contribution in [3.8, 4) is 0 Å². The van der Waals surface area contributed by atoms with Crippen molar-refractivity contribution in [3.05, 3.63) is 39.8 Å². The van der Waals surface area contributed by atoms with Crippen molar-refractivity contribution >= 4 is 53.6 Å². The average molecular weight is 340 g/mol. The normalized spacial score (nSPS) is 12.0. The van der Waals surface area contributed by atoms with E-state index in [4.69, 9.17) is 4.98 Å². The molecule has 0 aliphatic heterocycles. The fourth-order valence-corrected chi connectivity index (χ4v) is 5.67. The largest absolute Gasteiger partial charge is 0.257 e. The summed E-state index contributed by atoms with van der Waals surface area (Å²) in [5.41, 5.74) is 3.87. The Morgan fingerprint density at radius 2 is 1.57 bits per heavy atom. The van der Waals surface area contributed by atoms with E-state index in [1.54, 1.807) is 0 Å². The fourth-order valence-electron chi connectivity index (χ4n) is 3.67. The van der Waals surface area contributed by atoms with Gasteiger partial charge in [-0.2, -0.15) is 0 Å². The molecule has 1 nitrogen and oxygen atoms in total. The maximum atomic E-state index is 5.00. The van der Waals surface area contributed by atoms with Crippen LogP contribution in [0.15, 0.2) is 22.9 Å². The summed E-state index contributed by atoms with van der Waals surface area (Å²) in [4.78, 5) is 5.00. The van der Waals surface area contributed by atoms with Gasteiger partial charge in [0.2, 0.25) is 0 Å². The highest BCUT2D eigenvalue weighted by Crippen LogP contribution is 2.42. The molecule has 0 radical (unpaired) electrons. The van der Waals surface area contributed by atoms with E-state index in [-0.39, 0.29) is 0 Å². The molecule has 0 atom stereocenters. The zero-order valence-electron chi connectivity index (χ0n) is 13.9. The molecule has 0 bridgehead atoms. The Bertz CT molecular complexity index is 1010. The van der Waals surface area contributed by atoms with Gasteiger partial charge in [-0.15, -0.1) is 22.7 Å². The summed E-state index contributed by atoms with van der Waals surface area (Å²) in [5.74, 6) is 0. The van der Waals surface area contributed by atoms with Crippen LogP contribution in [0, 0.1) is 13.8 Å². The van der Waals surface area contributed by atoms with E-state index in [2.05, 4.69) is 43.7 Å². The van der Waals surface area contributed by atoms with Gasteiger partial charge in [-0.1, -0.05) is 19.8 Å². The molecule has 0 amide bonds. The van der Waals surface area contributed by atoms with Crippen molar-refractivity contribution in [2.24, 2.45) is 0 Å². The molecule has 4 aromatic rings. The summed E-state index contributed by atoms with van der Waals surface area (Å²) in [5, 5.41) is 10.0. The summed E-state index contributed by atoms with van der Waals surface area (Å²) < 4.78 is 2.86. The third-order valence-corrected chi connectivity index (χ3v) is 6.81. The number of rotatable bonds is 4. The predicted octanol–water partition coefficient (Wildman–Crippen LogP) is 7.01. The van der Waals surface area contributed by atoms with Crippen molar-refractivity contribution in [1.29, 1.82) is 0 Å². The van der Waals surface area contributed by atoms with Crippen molar-refractivity contribution in [2.45, 2.75) is 46.5 Å². The van der Waals surface area contributed by atoms with Crippen LogP contribution in [0.25, 0.3) is 30.9 Å². The number of nitrogens with zero attached hydrogens (tertiary/aromatic N) is 1. The molecule has 0 spiro atoms. The maximum Gasteiger partial charge on any atom is 0.0528 e. The van der Waals surface area contributed by atoms with Crippen LogP contribution in [0.2, 0.25) is 0 Å². The topological polar surface area (TPSA) is 12.9 Å². The van der Waals surface area contributed by atoms with Crippen LogP contribution in [0.4, 0.5) is 0 Å². The Hall–Kier alpha value is -1.45. The molecule has 0 saturated carbocycles. The van der Waals surface area contributed by atoms with E-state index in [1.165, 1.54) is 67.2 Å². The number of aromatic nitrogens is 1. The highest BCUT2D eigenvalue weighted by atomic mass is 32.1. The summed E-state index contributed by atoms with van der Waals surface area (Å²) >= 11 is 3.72. The van der Waals surface area contributed by atoms with Gasteiger partial charge in [-0.3, -0.25) is 4.98 Å². The molecule has 0 N–H and O–H groups in total. The number of aryl methyl sites for hydroxylation is 3. The van der Waals surface area contributed by atoms with E-state index in [1.807, 2.05) is 22.7 Å². The Kier molecular flexibility index (Phi) is 3.86. The number of thiophene rings is 2. The molecule has 0 unspecified atom stereocenters. The summed E-state index contributed by atoms with van der Waals surface area (Å²) in [6, 6.07) is 4.57. The SMILES string of the molecule is CCCCCc1nc(C)c2c3ccsc3c3sccc3c2c1C. The minimum atomic E-state index is 1.10. The van der Waals surface area contributed by atoms with Crippen LogP contribution in [-0.4, -0.2) is 4.98 Å². The molecule has 1 aromatic carbocycles. The van der Waals surface area contributed by atoms with E-state index >= 15 is 0 Å². The van der Waals surface area contributed by atoms with Gasteiger partial charge < -0.3 is 0 Å². The lowest BCUT2D eigenvalue weighted by Crippen LogP contribution is -1.99. The number of benzene rings is 1. The van der Waals surface area contributed by atoms with Gasteiger partial charge in [0.05, 0.1) is 9.40 Å². The van der Waals surface area contributed by atoms with E-state index in [0.29, 0.717) is 0 Å². The molecule has 23 heavy (non-hydrogen) atoms. The summed E-state index contributed by atoms with van der Waals surface area (Å²) in [7, 11) is 0.